The van der Waals surface area contributed by atoms with Crippen molar-refractivity contribution in [1.82, 2.24) is 31.2 Å². The number of nitrogens with one attached hydrogen (secondary N) is 4. The van der Waals surface area contributed by atoms with Gasteiger partial charge in [-0.3, -0.25) is 29.1 Å². The Balaban J connectivity index is -0.00000109. The number of hydrogen-bond acceptors (Lipinski definition) is 16. The topological polar surface area (TPSA) is 287 Å². The van der Waals surface area contributed by atoms with Crippen LogP contribution in [-0.4, -0.2) is 115 Å². The minimum absolute atomic E-state index is 0. The molecule has 0 fully saturated rings. The molecule has 26 heteroatoms. The summed E-state index contributed by atoms with van der Waals surface area (Å²) in [6.07, 6.45) is 11.6. The molecule has 5 atom stereocenters. The Kier molecular flexibility index (Phi) is 47.3. The maximum Gasteiger partial charge on any atom is 0.412 e. The molecule has 0 radical (unpaired) electrons. The smallest absolute Gasteiger partial charge is 0.412 e. The first-order valence-corrected chi connectivity index (χ1v) is 27.9. The Bertz CT molecular complexity index is 2710. The van der Waals surface area contributed by atoms with E-state index in [4.69, 9.17) is 38.4 Å². The first-order chi connectivity index (χ1) is 39.9. The van der Waals surface area contributed by atoms with Gasteiger partial charge in [0.05, 0.1) is 26.9 Å². The van der Waals surface area contributed by atoms with E-state index in [9.17, 15) is 38.4 Å². The molecule has 0 spiro atoms. The number of esters is 3. The van der Waals surface area contributed by atoms with E-state index in [2.05, 4.69) is 45.4 Å². The third-order valence-corrected chi connectivity index (χ3v) is 11.6. The Morgan fingerprint density at radius 3 is 1.20 bits per heavy atom. The molecule has 2 aromatic carbocycles. The minimum atomic E-state index is -0.704. The Morgan fingerprint density at radius 1 is 0.506 bits per heavy atom. The Morgan fingerprint density at radius 2 is 0.862 bits per heavy atom. The monoisotopic (exact) mass is 1310 g/mol. The number of rotatable bonds is 23. The predicted octanol–water partition coefficient (Wildman–Crippen LogP) is 6.39. The zero-order valence-corrected chi connectivity index (χ0v) is 54.8. The first kappa shape index (κ1) is 84.1. The van der Waals surface area contributed by atoms with Crippen LogP contribution in [0.5, 0.6) is 0 Å². The van der Waals surface area contributed by atoms with Crippen molar-refractivity contribution < 1.29 is 79.0 Å². The number of amides is 4. The van der Waals surface area contributed by atoms with Crippen molar-refractivity contribution in [3.8, 4) is 0 Å². The molecule has 0 saturated heterocycles. The van der Waals surface area contributed by atoms with E-state index in [0.717, 1.165) is 12.0 Å². The van der Waals surface area contributed by atoms with Gasteiger partial charge in [-0.25, -0.2) is 19.2 Å². The maximum absolute atomic E-state index is 12.5. The fourth-order valence-corrected chi connectivity index (χ4v) is 7.51. The molecule has 0 aliphatic heterocycles. The van der Waals surface area contributed by atoms with Crippen molar-refractivity contribution in [2.45, 2.75) is 124 Å². The number of nitrogens with two attached hydrogens (primary N) is 1. The summed E-state index contributed by atoms with van der Waals surface area (Å²) in [4.78, 5) is 99.6. The normalized spacial score (nSPS) is 11.6. The summed E-state index contributed by atoms with van der Waals surface area (Å²) in [5, 5.41) is 10.4. The minimum Gasteiger partial charge on any atom is -1.00 e. The third-order valence-electron chi connectivity index (χ3n) is 11.3. The van der Waals surface area contributed by atoms with E-state index in [1.54, 1.807) is 53.4 Å². The van der Waals surface area contributed by atoms with E-state index in [1.807, 2.05) is 116 Å². The molecule has 0 bridgehead atoms. The number of alkyl carbamates (subject to hydrolysis) is 2. The van der Waals surface area contributed by atoms with Crippen LogP contribution in [0.1, 0.15) is 117 Å². The lowest BCUT2D eigenvalue weighted by Gasteiger charge is -2.18. The van der Waals surface area contributed by atoms with Gasteiger partial charge in [-0.15, -0.1) is 24.8 Å². The Hall–Kier alpha value is -7.14. The van der Waals surface area contributed by atoms with Gasteiger partial charge >= 0.3 is 30.1 Å². The molecule has 4 amide bonds. The second-order valence-electron chi connectivity index (χ2n) is 20.0. The van der Waals surface area contributed by atoms with Gasteiger partial charge in [0.2, 0.25) is 0 Å². The van der Waals surface area contributed by atoms with Gasteiger partial charge in [0.15, 0.2) is 18.5 Å². The Labute approximate surface area is 539 Å². The number of pyridine rings is 3. The second-order valence-corrected chi connectivity index (χ2v) is 20.6. The average molecular weight is 1320 g/mol. The molecular weight excluding hydrogens is 1230 g/mol. The van der Waals surface area contributed by atoms with Crippen LogP contribution in [-0.2, 0) is 57.6 Å². The van der Waals surface area contributed by atoms with Gasteiger partial charge in [-0.1, -0.05) is 114 Å². The molecule has 5 aromatic rings. The van der Waals surface area contributed by atoms with E-state index in [1.165, 1.54) is 51.7 Å². The van der Waals surface area contributed by atoms with Gasteiger partial charge < -0.3 is 63.1 Å². The molecule has 482 valence electrons. The van der Waals surface area contributed by atoms with Crippen LogP contribution in [0.25, 0.3) is 0 Å². The van der Waals surface area contributed by atoms with E-state index in [0.29, 0.717) is 48.3 Å². The van der Waals surface area contributed by atoms with Crippen LogP contribution >= 0.6 is 48.0 Å². The number of methoxy groups -OCH3 is 3. The van der Waals surface area contributed by atoms with Crippen molar-refractivity contribution in [1.29, 1.82) is 0 Å². The number of ether oxygens (including phenoxy) is 5. The number of carbonyl (C=O) groups is 8. The maximum atomic E-state index is 12.5. The van der Waals surface area contributed by atoms with Crippen LogP contribution < -0.4 is 44.0 Å². The molecule has 0 unspecified atom stereocenters. The molecule has 6 N–H and O–H groups in total. The van der Waals surface area contributed by atoms with Crippen molar-refractivity contribution in [3.63, 3.8) is 0 Å². The van der Waals surface area contributed by atoms with Crippen LogP contribution in [0.15, 0.2) is 134 Å². The number of hydrogen-bond donors (Lipinski definition) is 5. The quantitative estimate of drug-likeness (QED) is 0.0156. The van der Waals surface area contributed by atoms with E-state index < -0.39 is 47.5 Å². The van der Waals surface area contributed by atoms with Gasteiger partial charge in [0.1, 0.15) is 18.1 Å². The van der Waals surface area contributed by atoms with Crippen LogP contribution in [0.4, 0.5) is 9.59 Å². The first-order valence-electron chi connectivity index (χ1n) is 27.0. The molecule has 3 aromatic heterocycles. The summed E-state index contributed by atoms with van der Waals surface area (Å²) < 4.78 is 25.3. The van der Waals surface area contributed by atoms with Gasteiger partial charge in [0.25, 0.3) is 23.8 Å². The zero-order chi connectivity index (χ0) is 63.0. The van der Waals surface area contributed by atoms with Crippen LogP contribution in [0, 0.1) is 17.8 Å². The highest BCUT2D eigenvalue weighted by Gasteiger charge is 2.25. The van der Waals surface area contributed by atoms with Crippen molar-refractivity contribution in [2.24, 2.45) is 23.5 Å². The highest BCUT2D eigenvalue weighted by atomic mass is 35.5. The summed E-state index contributed by atoms with van der Waals surface area (Å²) in [7, 11) is 3.96. The lowest BCUT2D eigenvalue weighted by molar-refractivity contribution is -0.727. The summed E-state index contributed by atoms with van der Waals surface area (Å²) in [5.41, 5.74) is 9.10. The molecule has 3 heterocycles. The van der Waals surface area contributed by atoms with Gasteiger partial charge in [-0.2, -0.15) is 4.57 Å². The van der Waals surface area contributed by atoms with Crippen LogP contribution in [0.2, 0.25) is 0 Å². The van der Waals surface area contributed by atoms with E-state index in [-0.39, 0.29) is 91.7 Å². The molecule has 21 nitrogen and oxygen atoms in total. The largest absolute Gasteiger partial charge is 1.00 e. The van der Waals surface area contributed by atoms with E-state index >= 15 is 0 Å². The van der Waals surface area contributed by atoms with Crippen molar-refractivity contribution in [2.75, 3.05) is 27.4 Å². The zero-order valence-electron chi connectivity index (χ0n) is 50.9. The SMILES string of the molecule is COC(=O)[C@@H](N)CC(C)C.COC(=O)[C@H](CC(C)C)NC(=O)c1cc[n+](COC(=O)N[C@@H](C)Cc2ccccc2)cc1.COC(=O)[C@H](CC(C)C)NC(=O)c1ccncc1.C[C@@H](Cc1ccccc1)NC(=O)OCCl.Cl.Cl.O=C(Cl)c1ccncc1.[Cl-]. The molecule has 0 aliphatic carbocycles. The second kappa shape index (κ2) is 48.9. The third kappa shape index (κ3) is 39.3. The van der Waals surface area contributed by atoms with Gasteiger partial charge in [-0.05, 0) is 111 Å². The van der Waals surface area contributed by atoms with Crippen LogP contribution in [0.3, 0.4) is 0 Å². The average Bonchev–Trinajstić information content (AvgIpc) is 3.55. The number of carbonyl (C=O) groups excluding carboxylic acids is 8. The summed E-state index contributed by atoms with van der Waals surface area (Å²) in [6, 6.07) is 27.4. The molecule has 5 rings (SSSR count). The highest BCUT2D eigenvalue weighted by Crippen LogP contribution is 2.11. The highest BCUT2D eigenvalue weighted by molar-refractivity contribution is 6.67. The van der Waals surface area contributed by atoms with Gasteiger partial charge in [0, 0.05) is 60.1 Å². The summed E-state index contributed by atoms with van der Waals surface area (Å²) in [6.45, 7) is 15.8. The van der Waals surface area contributed by atoms with Crippen molar-refractivity contribution in [3.05, 3.63) is 162 Å². The molecular formula is C61H85Cl5N8O13. The van der Waals surface area contributed by atoms with Crippen molar-refractivity contribution >= 4 is 95.2 Å². The number of halogens is 5. The lowest BCUT2D eigenvalue weighted by Crippen LogP contribution is -3.00. The number of benzene rings is 2. The molecule has 0 aliphatic rings. The molecule has 0 saturated carbocycles. The summed E-state index contributed by atoms with van der Waals surface area (Å²) >= 11 is 10.4. The molecule has 87 heavy (non-hydrogen) atoms. The lowest BCUT2D eigenvalue weighted by atomic mass is 10.0. The predicted molar refractivity (Wildman–Crippen MR) is 334 cm³/mol. The fourth-order valence-electron chi connectivity index (χ4n) is 7.28. The fraction of sp³-hybridized carbons (Fsp3) is 0.426. The number of aromatic nitrogens is 3. The number of nitrogens with zero attached hydrogens (tertiary/aromatic N) is 3. The summed E-state index contributed by atoms with van der Waals surface area (Å²) in [5.74, 6) is -0.953. The standard InChI is InChI=1S/C24H31N3O5.C13H18N2O3.C11H14ClNO2.C7H15NO2.C6H4ClNO.3ClH/c1-17(2)14-21(23(29)31-4)26-22(28)20-10-12-27(13-11-20)16-32-24(30)25-18(3)15-19-8-6-5-7-9-19;1-9(2)8-11(13(17)18-3)15-12(16)10-4-6-14-7-5-10;1-9(13-11(14)15-8-12)7-10-5-3-2-4-6-10;1-5(2)4-6(8)7(9)10-3;7-6(9)5-1-3-8-4-2-5;;;/h5-13,17-18,21H,14-16H2,1-4H3,(H-,25,26,28,30);4-7,9,11H,8H2,1-3H3,(H,15,16);2-6,9H,7-8H2,1H3,(H,13,14);5-6H,4,8H2,1-3H3;1-4H;3*1H/t18-,21-;11-;9-;6-;;;;/m0000..../s1. The number of alkyl halides is 1.